The van der Waals surface area contributed by atoms with Crippen LogP contribution in [0.3, 0.4) is 0 Å². The molecule has 0 radical (unpaired) electrons. The Kier molecular flexibility index (Phi) is 3.26. The number of carbonyl (C=O) groups excluding carboxylic acids is 1. The van der Waals surface area contributed by atoms with E-state index in [-0.39, 0.29) is 11.1 Å². The van der Waals surface area contributed by atoms with Crippen molar-refractivity contribution >= 4 is 34.1 Å². The highest BCUT2D eigenvalue weighted by molar-refractivity contribution is 6.29. The van der Waals surface area contributed by atoms with Gasteiger partial charge in [-0.2, -0.15) is 0 Å². The fourth-order valence-electron chi connectivity index (χ4n) is 1.88. The van der Waals surface area contributed by atoms with Crippen LogP contribution in [-0.2, 0) is 0 Å². The van der Waals surface area contributed by atoms with Crippen LogP contribution in [0.4, 0.5) is 5.82 Å². The van der Waals surface area contributed by atoms with E-state index in [1.165, 1.54) is 12.4 Å². The van der Waals surface area contributed by atoms with Crippen molar-refractivity contribution in [3.8, 4) is 0 Å². The summed E-state index contributed by atoms with van der Waals surface area (Å²) < 4.78 is 0. The zero-order chi connectivity index (χ0) is 13.9. The lowest BCUT2D eigenvalue weighted by atomic mass is 10.1. The number of amides is 1. The second-order valence-electron chi connectivity index (χ2n) is 4.06. The standard InChI is InChI=1S/C14H9ClN4O/c15-11-7-12(18-8-17-11)19-14(20)13-10-4-2-1-3-9(10)5-6-16-13/h1-8H,(H,17,18,19,20). The summed E-state index contributed by atoms with van der Waals surface area (Å²) in [4.78, 5) is 24.1. The van der Waals surface area contributed by atoms with Crippen LogP contribution in [0.1, 0.15) is 10.5 Å². The predicted octanol–water partition coefficient (Wildman–Crippen LogP) is 2.93. The zero-order valence-electron chi connectivity index (χ0n) is 10.2. The second-order valence-corrected chi connectivity index (χ2v) is 4.45. The van der Waals surface area contributed by atoms with Crippen LogP contribution < -0.4 is 5.32 Å². The maximum Gasteiger partial charge on any atom is 0.276 e. The number of nitrogens with one attached hydrogen (secondary N) is 1. The number of hydrogen-bond acceptors (Lipinski definition) is 4. The first-order valence-corrected chi connectivity index (χ1v) is 6.24. The molecule has 1 aromatic carbocycles. The smallest absolute Gasteiger partial charge is 0.276 e. The van der Waals surface area contributed by atoms with Crippen LogP contribution in [-0.4, -0.2) is 20.9 Å². The maximum absolute atomic E-state index is 12.3. The first-order valence-electron chi connectivity index (χ1n) is 5.87. The molecule has 2 aromatic heterocycles. The first kappa shape index (κ1) is 12.5. The normalized spacial score (nSPS) is 10.4. The average molecular weight is 285 g/mol. The monoisotopic (exact) mass is 284 g/mol. The van der Waals surface area contributed by atoms with E-state index in [4.69, 9.17) is 11.6 Å². The third kappa shape index (κ3) is 2.44. The fraction of sp³-hybridized carbons (Fsp3) is 0. The van der Waals surface area contributed by atoms with Crippen LogP contribution >= 0.6 is 11.6 Å². The predicted molar refractivity (Wildman–Crippen MR) is 76.7 cm³/mol. The Bertz CT molecular complexity index is 785. The lowest BCUT2D eigenvalue weighted by Gasteiger charge is -2.06. The van der Waals surface area contributed by atoms with Gasteiger partial charge in [-0.25, -0.2) is 9.97 Å². The van der Waals surface area contributed by atoms with Gasteiger partial charge in [-0.15, -0.1) is 0 Å². The Morgan fingerprint density at radius 2 is 1.95 bits per heavy atom. The minimum atomic E-state index is -0.337. The maximum atomic E-state index is 12.3. The Hall–Kier alpha value is -2.53. The van der Waals surface area contributed by atoms with Gasteiger partial charge in [-0.05, 0) is 11.5 Å². The summed E-state index contributed by atoms with van der Waals surface area (Å²) >= 11 is 5.75. The summed E-state index contributed by atoms with van der Waals surface area (Å²) in [6.45, 7) is 0. The van der Waals surface area contributed by atoms with E-state index in [0.29, 0.717) is 11.5 Å². The van der Waals surface area contributed by atoms with Gasteiger partial charge in [0.05, 0.1) is 0 Å². The molecule has 0 aliphatic heterocycles. The topological polar surface area (TPSA) is 67.8 Å². The average Bonchev–Trinajstić information content (AvgIpc) is 2.46. The lowest BCUT2D eigenvalue weighted by Crippen LogP contribution is -2.15. The van der Waals surface area contributed by atoms with E-state index in [9.17, 15) is 4.79 Å². The van der Waals surface area contributed by atoms with Crippen LogP contribution in [0, 0.1) is 0 Å². The number of fused-ring (bicyclic) bond motifs is 1. The van der Waals surface area contributed by atoms with Gasteiger partial charge in [0, 0.05) is 17.6 Å². The molecular weight excluding hydrogens is 276 g/mol. The van der Waals surface area contributed by atoms with E-state index < -0.39 is 0 Å². The van der Waals surface area contributed by atoms with E-state index in [2.05, 4.69) is 20.3 Å². The molecule has 0 spiro atoms. The quantitative estimate of drug-likeness (QED) is 0.735. The van der Waals surface area contributed by atoms with Gasteiger partial charge in [0.1, 0.15) is 23.0 Å². The third-order valence-electron chi connectivity index (χ3n) is 2.76. The highest BCUT2D eigenvalue weighted by Gasteiger charge is 2.12. The molecule has 1 N–H and O–H groups in total. The molecule has 3 rings (SSSR count). The molecule has 6 heteroatoms. The van der Waals surface area contributed by atoms with Crippen molar-refractivity contribution in [2.75, 3.05) is 5.32 Å². The summed E-state index contributed by atoms with van der Waals surface area (Å²) in [6, 6.07) is 10.9. The van der Waals surface area contributed by atoms with E-state index in [1.807, 2.05) is 30.3 Å². The number of pyridine rings is 1. The Balaban J connectivity index is 1.97. The van der Waals surface area contributed by atoms with Crippen molar-refractivity contribution in [2.45, 2.75) is 0 Å². The molecule has 0 aliphatic carbocycles. The molecule has 0 fully saturated rings. The third-order valence-corrected chi connectivity index (χ3v) is 2.97. The Labute approximate surface area is 119 Å². The molecule has 0 saturated carbocycles. The molecule has 5 nitrogen and oxygen atoms in total. The number of hydrogen-bond donors (Lipinski definition) is 1. The molecule has 20 heavy (non-hydrogen) atoms. The van der Waals surface area contributed by atoms with E-state index in [0.717, 1.165) is 10.8 Å². The highest BCUT2D eigenvalue weighted by atomic mass is 35.5. The fourth-order valence-corrected chi connectivity index (χ4v) is 2.03. The van der Waals surface area contributed by atoms with Crippen LogP contribution in [0.2, 0.25) is 5.15 Å². The minimum Gasteiger partial charge on any atom is -0.305 e. The van der Waals surface area contributed by atoms with Crippen molar-refractivity contribution in [3.05, 3.63) is 59.8 Å². The second kappa shape index (κ2) is 5.22. The number of benzene rings is 1. The zero-order valence-corrected chi connectivity index (χ0v) is 11.0. The van der Waals surface area contributed by atoms with Gasteiger partial charge in [-0.3, -0.25) is 9.78 Å². The van der Waals surface area contributed by atoms with E-state index >= 15 is 0 Å². The number of halogens is 1. The molecule has 0 bridgehead atoms. The Morgan fingerprint density at radius 1 is 1.10 bits per heavy atom. The summed E-state index contributed by atoms with van der Waals surface area (Å²) in [7, 11) is 0. The molecule has 0 unspecified atom stereocenters. The molecule has 0 saturated heterocycles. The SMILES string of the molecule is O=C(Nc1cc(Cl)ncn1)c1nccc2ccccc12. The summed E-state index contributed by atoms with van der Waals surface area (Å²) in [5.41, 5.74) is 0.345. The van der Waals surface area contributed by atoms with E-state index in [1.54, 1.807) is 6.20 Å². The largest absolute Gasteiger partial charge is 0.305 e. The Morgan fingerprint density at radius 3 is 2.80 bits per heavy atom. The molecule has 0 aliphatic rings. The summed E-state index contributed by atoms with van der Waals surface area (Å²) in [6.07, 6.45) is 2.89. The van der Waals surface area contributed by atoms with Gasteiger partial charge in [0.2, 0.25) is 0 Å². The van der Waals surface area contributed by atoms with Gasteiger partial charge in [-0.1, -0.05) is 35.9 Å². The van der Waals surface area contributed by atoms with Gasteiger partial charge in [0.15, 0.2) is 0 Å². The van der Waals surface area contributed by atoms with Crippen molar-refractivity contribution in [3.63, 3.8) is 0 Å². The number of nitrogens with zero attached hydrogens (tertiary/aromatic N) is 3. The van der Waals surface area contributed by atoms with Gasteiger partial charge >= 0.3 is 0 Å². The van der Waals surface area contributed by atoms with Crippen LogP contribution in [0.15, 0.2) is 48.9 Å². The lowest BCUT2D eigenvalue weighted by molar-refractivity contribution is 0.102. The molecule has 1 amide bonds. The molecule has 98 valence electrons. The molecular formula is C14H9ClN4O. The highest BCUT2D eigenvalue weighted by Crippen LogP contribution is 2.17. The number of anilines is 1. The number of aromatic nitrogens is 3. The summed E-state index contributed by atoms with van der Waals surface area (Å²) in [5.74, 6) is 0.00120. The van der Waals surface area contributed by atoms with Crippen molar-refractivity contribution in [2.24, 2.45) is 0 Å². The van der Waals surface area contributed by atoms with Crippen molar-refractivity contribution in [1.29, 1.82) is 0 Å². The van der Waals surface area contributed by atoms with Gasteiger partial charge in [0.25, 0.3) is 5.91 Å². The summed E-state index contributed by atoms with van der Waals surface area (Å²) in [5, 5.41) is 4.66. The molecule has 3 aromatic rings. The van der Waals surface area contributed by atoms with Crippen molar-refractivity contribution < 1.29 is 4.79 Å². The first-order chi connectivity index (χ1) is 9.74. The molecule has 2 heterocycles. The van der Waals surface area contributed by atoms with Gasteiger partial charge < -0.3 is 5.32 Å². The van der Waals surface area contributed by atoms with Crippen LogP contribution in [0.25, 0.3) is 10.8 Å². The van der Waals surface area contributed by atoms with Crippen LogP contribution in [0.5, 0.6) is 0 Å². The number of carbonyl (C=O) groups is 1. The minimum absolute atomic E-state index is 0.265. The van der Waals surface area contributed by atoms with Crippen molar-refractivity contribution in [1.82, 2.24) is 15.0 Å². The number of rotatable bonds is 2. The molecule has 0 atom stereocenters.